The van der Waals surface area contributed by atoms with Crippen molar-refractivity contribution < 1.29 is 19.5 Å². The number of carboxylic acids is 1. The molecule has 1 aromatic rings. The Morgan fingerprint density at radius 1 is 1.20 bits per heavy atom. The smallest absolute Gasteiger partial charge is 0.328 e. The van der Waals surface area contributed by atoms with Crippen LogP contribution in [0.2, 0.25) is 0 Å². The normalized spacial score (nSPS) is 11.8. The first-order valence-electron chi connectivity index (χ1n) is 6.10. The molecule has 0 bridgehead atoms. The maximum absolute atomic E-state index is 11.6. The second kappa shape index (κ2) is 7.73. The van der Waals surface area contributed by atoms with Crippen LogP contribution in [0.1, 0.15) is 24.9 Å². The summed E-state index contributed by atoms with van der Waals surface area (Å²) in [6.45, 7) is 1.91. The number of hydrogen-bond acceptors (Lipinski definition) is 3. The predicted octanol–water partition coefficient (Wildman–Crippen LogP) is 1.60. The van der Waals surface area contributed by atoms with E-state index in [1.165, 1.54) is 0 Å². The number of carboxylic acid groups (broad SMARTS) is 1. The summed E-state index contributed by atoms with van der Waals surface area (Å²) in [5, 5.41) is 13.0. The summed E-state index contributed by atoms with van der Waals surface area (Å²) in [5.41, 5.74) is 0.929. The van der Waals surface area contributed by atoms with Gasteiger partial charge >= 0.3 is 12.0 Å². The number of benzene rings is 1. The topological polar surface area (TPSA) is 95.5 Å². The van der Waals surface area contributed by atoms with Crippen LogP contribution in [0, 0.1) is 0 Å². The highest BCUT2D eigenvalue weighted by molar-refractivity contribution is 6.02. The average Bonchev–Trinajstić information content (AvgIpc) is 2.43. The number of imide groups is 1. The maximum Gasteiger partial charge on any atom is 0.328 e. The van der Waals surface area contributed by atoms with Gasteiger partial charge in [0.1, 0.15) is 0 Å². The molecular formula is C14H16N2O4. The summed E-state index contributed by atoms with van der Waals surface area (Å²) >= 11 is 0. The first-order chi connectivity index (χ1) is 9.52. The van der Waals surface area contributed by atoms with E-state index < -0.39 is 17.9 Å². The maximum atomic E-state index is 11.6. The molecule has 0 aliphatic rings. The van der Waals surface area contributed by atoms with Crippen molar-refractivity contribution in [3.8, 4) is 0 Å². The molecule has 0 spiro atoms. The lowest BCUT2D eigenvalue weighted by atomic mass is 10.1. The minimum absolute atomic E-state index is 0.215. The van der Waals surface area contributed by atoms with Gasteiger partial charge in [-0.3, -0.25) is 10.1 Å². The zero-order valence-electron chi connectivity index (χ0n) is 11.0. The van der Waals surface area contributed by atoms with Crippen LogP contribution in [0.4, 0.5) is 4.79 Å². The molecule has 1 aromatic carbocycles. The van der Waals surface area contributed by atoms with E-state index >= 15 is 0 Å². The van der Waals surface area contributed by atoms with E-state index in [4.69, 9.17) is 5.11 Å². The Labute approximate surface area is 116 Å². The first-order valence-corrected chi connectivity index (χ1v) is 6.10. The Bertz CT molecular complexity index is 511. The number of urea groups is 1. The van der Waals surface area contributed by atoms with Gasteiger partial charge in [-0.05, 0) is 12.0 Å². The number of carbonyl (C=O) groups excluding carboxylic acids is 2. The first kappa shape index (κ1) is 15.4. The van der Waals surface area contributed by atoms with Crippen molar-refractivity contribution in [2.45, 2.75) is 19.4 Å². The molecule has 6 heteroatoms. The summed E-state index contributed by atoms with van der Waals surface area (Å²) in [4.78, 5) is 33.1. The number of rotatable bonds is 5. The molecule has 3 amide bonds. The SMILES string of the molecule is CCC(NC(=O)NC(=O)C=CC(=O)O)c1ccccc1. The fraction of sp³-hybridized carbons (Fsp3) is 0.214. The van der Waals surface area contributed by atoms with E-state index in [0.717, 1.165) is 11.6 Å². The van der Waals surface area contributed by atoms with Crippen LogP contribution in [0.3, 0.4) is 0 Å². The molecule has 0 aliphatic heterocycles. The second-order valence-electron chi connectivity index (χ2n) is 4.01. The van der Waals surface area contributed by atoms with Crippen molar-refractivity contribution in [2.75, 3.05) is 0 Å². The van der Waals surface area contributed by atoms with Gasteiger partial charge in [0.2, 0.25) is 0 Å². The Morgan fingerprint density at radius 3 is 2.40 bits per heavy atom. The summed E-state index contributed by atoms with van der Waals surface area (Å²) in [5.74, 6) is -2.04. The Balaban J connectivity index is 2.56. The largest absolute Gasteiger partial charge is 0.478 e. The van der Waals surface area contributed by atoms with Crippen LogP contribution in [-0.4, -0.2) is 23.0 Å². The van der Waals surface area contributed by atoms with Crippen LogP contribution >= 0.6 is 0 Å². The van der Waals surface area contributed by atoms with Gasteiger partial charge in [-0.1, -0.05) is 37.3 Å². The third kappa shape index (κ3) is 5.34. The highest BCUT2D eigenvalue weighted by Gasteiger charge is 2.13. The quantitative estimate of drug-likeness (QED) is 0.712. The number of carbonyl (C=O) groups is 3. The van der Waals surface area contributed by atoms with Crippen LogP contribution in [-0.2, 0) is 9.59 Å². The molecule has 3 N–H and O–H groups in total. The lowest BCUT2D eigenvalue weighted by molar-refractivity contribution is -0.131. The Morgan fingerprint density at radius 2 is 1.85 bits per heavy atom. The van der Waals surface area contributed by atoms with Crippen molar-refractivity contribution in [2.24, 2.45) is 0 Å². The summed E-state index contributed by atoms with van der Waals surface area (Å²) < 4.78 is 0. The van der Waals surface area contributed by atoms with Crippen LogP contribution < -0.4 is 10.6 Å². The van der Waals surface area contributed by atoms with Gasteiger partial charge < -0.3 is 10.4 Å². The standard InChI is InChI=1S/C14H16N2O4/c1-2-11(10-6-4-3-5-7-10)15-14(20)16-12(17)8-9-13(18)19/h3-9,11H,2H2,1H3,(H,18,19)(H2,15,16,17,20). The Kier molecular flexibility index (Phi) is 5.96. The summed E-state index contributed by atoms with van der Waals surface area (Å²) in [6, 6.07) is 8.46. The number of amides is 3. The van der Waals surface area contributed by atoms with Gasteiger partial charge in [-0.25, -0.2) is 9.59 Å². The van der Waals surface area contributed by atoms with Gasteiger partial charge in [-0.15, -0.1) is 0 Å². The van der Waals surface area contributed by atoms with Crippen molar-refractivity contribution in [3.63, 3.8) is 0 Å². The molecule has 0 fully saturated rings. The van der Waals surface area contributed by atoms with E-state index in [0.29, 0.717) is 12.5 Å². The molecule has 20 heavy (non-hydrogen) atoms. The highest BCUT2D eigenvalue weighted by Crippen LogP contribution is 2.15. The molecule has 0 radical (unpaired) electrons. The summed E-state index contributed by atoms with van der Waals surface area (Å²) in [6.07, 6.45) is 2.11. The minimum atomic E-state index is -1.25. The zero-order chi connectivity index (χ0) is 15.0. The fourth-order valence-corrected chi connectivity index (χ4v) is 1.60. The summed E-state index contributed by atoms with van der Waals surface area (Å²) in [7, 11) is 0. The molecule has 0 saturated heterocycles. The van der Waals surface area contributed by atoms with E-state index in [-0.39, 0.29) is 6.04 Å². The van der Waals surface area contributed by atoms with Gasteiger partial charge in [-0.2, -0.15) is 0 Å². The minimum Gasteiger partial charge on any atom is -0.478 e. The van der Waals surface area contributed by atoms with E-state index in [1.807, 2.05) is 42.6 Å². The van der Waals surface area contributed by atoms with E-state index in [2.05, 4.69) is 5.32 Å². The highest BCUT2D eigenvalue weighted by atomic mass is 16.4. The van der Waals surface area contributed by atoms with Gasteiger partial charge in [0.05, 0.1) is 6.04 Å². The fourth-order valence-electron chi connectivity index (χ4n) is 1.60. The number of nitrogens with one attached hydrogen (secondary N) is 2. The van der Waals surface area contributed by atoms with Crippen molar-refractivity contribution in [3.05, 3.63) is 48.0 Å². The molecule has 0 heterocycles. The third-order valence-electron chi connectivity index (χ3n) is 2.53. The van der Waals surface area contributed by atoms with Crippen LogP contribution in [0.5, 0.6) is 0 Å². The second-order valence-corrected chi connectivity index (χ2v) is 4.01. The molecule has 1 unspecified atom stereocenters. The average molecular weight is 276 g/mol. The van der Waals surface area contributed by atoms with Crippen LogP contribution in [0.15, 0.2) is 42.5 Å². The van der Waals surface area contributed by atoms with Gasteiger partial charge in [0.15, 0.2) is 0 Å². The lowest BCUT2D eigenvalue weighted by Gasteiger charge is -2.17. The third-order valence-corrected chi connectivity index (χ3v) is 2.53. The molecule has 1 atom stereocenters. The van der Waals surface area contributed by atoms with E-state index in [9.17, 15) is 14.4 Å². The monoisotopic (exact) mass is 276 g/mol. The molecular weight excluding hydrogens is 260 g/mol. The molecule has 1 rings (SSSR count). The lowest BCUT2D eigenvalue weighted by Crippen LogP contribution is -2.40. The molecule has 0 saturated carbocycles. The molecule has 0 aliphatic carbocycles. The number of aliphatic carboxylic acids is 1. The zero-order valence-corrected chi connectivity index (χ0v) is 11.0. The molecule has 0 aromatic heterocycles. The van der Waals surface area contributed by atoms with Gasteiger partial charge in [0, 0.05) is 12.2 Å². The van der Waals surface area contributed by atoms with Crippen molar-refractivity contribution >= 4 is 17.9 Å². The van der Waals surface area contributed by atoms with E-state index in [1.54, 1.807) is 0 Å². The molecule has 106 valence electrons. The Hall–Kier alpha value is -2.63. The molecule has 6 nitrogen and oxygen atoms in total. The predicted molar refractivity (Wildman–Crippen MR) is 72.9 cm³/mol. The van der Waals surface area contributed by atoms with Crippen molar-refractivity contribution in [1.29, 1.82) is 0 Å². The van der Waals surface area contributed by atoms with Gasteiger partial charge in [0.25, 0.3) is 5.91 Å². The number of hydrogen-bond donors (Lipinski definition) is 3. The van der Waals surface area contributed by atoms with Crippen molar-refractivity contribution in [1.82, 2.24) is 10.6 Å². The van der Waals surface area contributed by atoms with Crippen LogP contribution in [0.25, 0.3) is 0 Å².